The third kappa shape index (κ3) is 5.43. The second kappa shape index (κ2) is 13.5. The van der Waals surface area contributed by atoms with Crippen LogP contribution in [-0.4, -0.2) is 27.4 Å². The summed E-state index contributed by atoms with van der Waals surface area (Å²) in [5, 5.41) is 2.13. The van der Waals surface area contributed by atoms with Crippen molar-refractivity contribution in [2.75, 3.05) is 27.4 Å². The number of methoxy groups -OCH3 is 2. The first kappa shape index (κ1) is 33.0. The van der Waals surface area contributed by atoms with Crippen LogP contribution in [0.2, 0.25) is 0 Å². The lowest BCUT2D eigenvalue weighted by atomic mass is 9.81. The maximum atomic E-state index is 7.19. The molecular formula is C46H40O6. The van der Waals surface area contributed by atoms with Gasteiger partial charge in [0.2, 0.25) is 0 Å². The third-order valence-corrected chi connectivity index (χ3v) is 9.88. The van der Waals surface area contributed by atoms with Crippen LogP contribution in [0.25, 0.3) is 22.9 Å². The molecule has 0 amide bonds. The fourth-order valence-corrected chi connectivity index (χ4v) is 7.47. The Labute approximate surface area is 304 Å². The highest BCUT2D eigenvalue weighted by Crippen LogP contribution is 2.51. The summed E-state index contributed by atoms with van der Waals surface area (Å²) in [4.78, 5) is 0. The number of benzene rings is 6. The molecule has 2 aliphatic rings. The molecule has 0 saturated carbocycles. The number of hydrogen-bond acceptors (Lipinski definition) is 6. The summed E-state index contributed by atoms with van der Waals surface area (Å²) < 4.78 is 37.9. The van der Waals surface area contributed by atoms with Gasteiger partial charge in [-0.15, -0.1) is 0 Å². The van der Waals surface area contributed by atoms with E-state index in [1.807, 2.05) is 86.6 Å². The van der Waals surface area contributed by atoms with Gasteiger partial charge >= 0.3 is 0 Å². The zero-order valence-electron chi connectivity index (χ0n) is 29.7. The second-order valence-electron chi connectivity index (χ2n) is 12.7. The molecule has 0 N–H and O–H groups in total. The van der Waals surface area contributed by atoms with Crippen LogP contribution in [0.3, 0.4) is 0 Å². The van der Waals surface area contributed by atoms with Gasteiger partial charge in [-0.05, 0) is 79.9 Å². The Balaban J connectivity index is 1.30. The molecular weight excluding hydrogens is 649 g/mol. The maximum Gasteiger partial charge on any atom is 0.181 e. The fraction of sp³-hybridized carbons (Fsp3) is 0.174. The summed E-state index contributed by atoms with van der Waals surface area (Å²) in [5.74, 6) is 4.36. The molecule has 0 saturated heterocycles. The number of hydrogen-bond donors (Lipinski definition) is 0. The number of ether oxygens (including phenoxy) is 6. The topological polar surface area (TPSA) is 55.4 Å². The van der Waals surface area contributed by atoms with Crippen molar-refractivity contribution in [2.24, 2.45) is 0 Å². The van der Waals surface area contributed by atoms with E-state index in [4.69, 9.17) is 28.4 Å². The third-order valence-electron chi connectivity index (χ3n) is 9.88. The molecule has 2 atom stereocenters. The minimum Gasteiger partial charge on any atom is -0.497 e. The average Bonchev–Trinajstić information content (AvgIpc) is 3.21. The van der Waals surface area contributed by atoms with Gasteiger partial charge in [-0.2, -0.15) is 0 Å². The smallest absolute Gasteiger partial charge is 0.181 e. The van der Waals surface area contributed by atoms with Gasteiger partial charge in [-0.25, -0.2) is 0 Å². The van der Waals surface area contributed by atoms with Crippen molar-refractivity contribution >= 4 is 22.9 Å². The highest BCUT2D eigenvalue weighted by Gasteiger charge is 2.42. The van der Waals surface area contributed by atoms with Crippen molar-refractivity contribution in [2.45, 2.75) is 25.0 Å². The van der Waals surface area contributed by atoms with Crippen LogP contribution in [0.15, 0.2) is 133 Å². The van der Waals surface area contributed by atoms with Crippen molar-refractivity contribution in [1.29, 1.82) is 0 Å². The lowest BCUT2D eigenvalue weighted by Crippen LogP contribution is -2.35. The monoisotopic (exact) mass is 688 g/mol. The molecule has 0 aromatic heterocycles. The van der Waals surface area contributed by atoms with E-state index < -0.39 is 11.2 Å². The van der Waals surface area contributed by atoms with Crippen molar-refractivity contribution in [3.8, 4) is 34.5 Å². The van der Waals surface area contributed by atoms with E-state index in [0.29, 0.717) is 24.7 Å². The van der Waals surface area contributed by atoms with E-state index >= 15 is 0 Å². The van der Waals surface area contributed by atoms with Gasteiger partial charge in [0.25, 0.3) is 0 Å². The van der Waals surface area contributed by atoms with Gasteiger partial charge in [0.05, 0.1) is 27.4 Å². The van der Waals surface area contributed by atoms with Crippen molar-refractivity contribution in [3.63, 3.8) is 0 Å². The van der Waals surface area contributed by atoms with Crippen LogP contribution in [0.5, 0.6) is 34.5 Å². The first-order valence-corrected chi connectivity index (χ1v) is 17.6. The molecule has 0 spiro atoms. The van der Waals surface area contributed by atoms with Crippen molar-refractivity contribution in [3.05, 3.63) is 167 Å². The Morgan fingerprint density at radius 2 is 0.962 bits per heavy atom. The Morgan fingerprint density at radius 3 is 1.37 bits per heavy atom. The Kier molecular flexibility index (Phi) is 8.59. The van der Waals surface area contributed by atoms with Gasteiger partial charge in [-0.3, -0.25) is 0 Å². The quantitative estimate of drug-likeness (QED) is 0.143. The Hall–Kier alpha value is -6.14. The van der Waals surface area contributed by atoms with E-state index in [1.165, 1.54) is 0 Å². The predicted octanol–water partition coefficient (Wildman–Crippen LogP) is 10.4. The van der Waals surface area contributed by atoms with Crippen LogP contribution in [0.4, 0.5) is 0 Å². The van der Waals surface area contributed by atoms with Crippen LogP contribution < -0.4 is 28.4 Å². The highest BCUT2D eigenvalue weighted by atomic mass is 16.5. The molecule has 2 unspecified atom stereocenters. The molecule has 6 aromatic rings. The summed E-state index contributed by atoms with van der Waals surface area (Å²) in [7, 11) is 3.32. The zero-order chi connectivity index (χ0) is 35.7. The van der Waals surface area contributed by atoms with Crippen LogP contribution in [0.1, 0.15) is 47.2 Å². The Bertz CT molecular complexity index is 2150. The van der Waals surface area contributed by atoms with E-state index in [9.17, 15) is 0 Å². The molecule has 0 fully saturated rings. The molecule has 52 heavy (non-hydrogen) atoms. The van der Waals surface area contributed by atoms with E-state index in [2.05, 4.69) is 72.8 Å². The fourth-order valence-electron chi connectivity index (χ4n) is 7.47. The van der Waals surface area contributed by atoms with Gasteiger partial charge in [0, 0.05) is 50.9 Å². The summed E-state index contributed by atoms with van der Waals surface area (Å²) >= 11 is 0. The lowest BCUT2D eigenvalue weighted by molar-refractivity contribution is 0.154. The second-order valence-corrected chi connectivity index (χ2v) is 12.7. The van der Waals surface area contributed by atoms with Crippen molar-refractivity contribution in [1.82, 2.24) is 0 Å². The van der Waals surface area contributed by atoms with Crippen LogP contribution >= 0.6 is 0 Å². The molecule has 260 valence electrons. The summed E-state index contributed by atoms with van der Waals surface area (Å²) in [6.07, 6.45) is 8.64. The summed E-state index contributed by atoms with van der Waals surface area (Å²) in [6, 6.07) is 40.7. The Morgan fingerprint density at radius 1 is 0.519 bits per heavy atom. The standard InChI is InChI=1S/C46H40O6/c1-5-49-42-29-34(47-3)19-21-38(42)45(32-13-9-7-10-14-32)27-25-36-40(51-45)23-17-31-18-24-41-37(44(31)36)26-28-46(52-41,33-15-11-8-12-16-33)39-22-20-35(48-4)30-43(39)50-6-2/h7-30H,5-6H2,1-4H3. The van der Waals surface area contributed by atoms with E-state index in [0.717, 1.165) is 67.2 Å². The van der Waals surface area contributed by atoms with E-state index in [-0.39, 0.29) is 0 Å². The molecule has 0 bridgehead atoms. The van der Waals surface area contributed by atoms with Gasteiger partial charge in [0.15, 0.2) is 11.2 Å². The first-order chi connectivity index (χ1) is 25.5. The molecule has 2 heterocycles. The molecule has 0 radical (unpaired) electrons. The van der Waals surface area contributed by atoms with Crippen LogP contribution in [-0.2, 0) is 11.2 Å². The average molecular weight is 689 g/mol. The molecule has 6 heteroatoms. The SMILES string of the molecule is CCOc1cc(OC)ccc1C1(c2ccccc2)C=Cc2c(ccc3ccc4c(c23)C=CC(c2ccccc2)(c2ccc(OC)cc2OCC)O4)O1. The largest absolute Gasteiger partial charge is 0.497 e. The summed E-state index contributed by atoms with van der Waals surface area (Å²) in [6.45, 7) is 4.97. The number of rotatable bonds is 10. The highest BCUT2D eigenvalue weighted by molar-refractivity contribution is 6.02. The van der Waals surface area contributed by atoms with Crippen LogP contribution in [0, 0.1) is 0 Å². The van der Waals surface area contributed by atoms with Gasteiger partial charge < -0.3 is 28.4 Å². The lowest BCUT2D eigenvalue weighted by Gasteiger charge is -2.38. The predicted molar refractivity (Wildman–Crippen MR) is 206 cm³/mol. The molecule has 0 aliphatic carbocycles. The molecule has 6 aromatic carbocycles. The van der Waals surface area contributed by atoms with Gasteiger partial charge in [0.1, 0.15) is 34.5 Å². The van der Waals surface area contributed by atoms with Gasteiger partial charge in [-0.1, -0.05) is 72.8 Å². The first-order valence-electron chi connectivity index (χ1n) is 17.6. The van der Waals surface area contributed by atoms with Crippen molar-refractivity contribution < 1.29 is 28.4 Å². The van der Waals surface area contributed by atoms with E-state index in [1.54, 1.807) is 14.2 Å². The maximum absolute atomic E-state index is 7.19. The summed E-state index contributed by atoms with van der Waals surface area (Å²) in [5.41, 5.74) is 3.80. The normalized spacial score (nSPS) is 18.5. The minimum atomic E-state index is -0.952. The molecule has 8 rings (SSSR count). The molecule has 2 aliphatic heterocycles. The zero-order valence-corrected chi connectivity index (χ0v) is 29.7. The minimum absolute atomic E-state index is 0.501. The molecule has 6 nitrogen and oxygen atoms in total. The number of fused-ring (bicyclic) bond motifs is 5.